The number of aliphatic hydroxyl groups is 1. The number of aromatic hydroxyl groups is 2. The number of ether oxygens (including phenoxy) is 1. The maximum Gasteiger partial charge on any atom is 0.331 e. The first-order chi connectivity index (χ1) is 21.4. The van der Waals surface area contributed by atoms with Crippen LogP contribution in [0.5, 0.6) is 11.5 Å². The second-order valence-electron chi connectivity index (χ2n) is 17.1. The van der Waals surface area contributed by atoms with E-state index in [-0.39, 0.29) is 39.6 Å². The number of hydrogen-bond donors (Lipinski definition) is 4. The first kappa shape index (κ1) is 33.1. The summed E-state index contributed by atoms with van der Waals surface area (Å²) < 4.78 is 6.01. The van der Waals surface area contributed by atoms with Crippen LogP contribution in [-0.2, 0) is 14.3 Å². The quantitative estimate of drug-likeness (QED) is 0.116. The molecule has 0 spiro atoms. The van der Waals surface area contributed by atoms with Gasteiger partial charge in [0.2, 0.25) is 0 Å². The average molecular weight is 635 g/mol. The first-order valence-electron chi connectivity index (χ1n) is 17.4. The zero-order valence-corrected chi connectivity index (χ0v) is 28.7. The Bertz CT molecular complexity index is 1480. The Morgan fingerprint density at radius 3 is 2.33 bits per heavy atom. The van der Waals surface area contributed by atoms with Gasteiger partial charge in [-0.25, -0.2) is 4.79 Å². The normalized spacial score (nSPS) is 44.6. The average Bonchev–Trinajstić information content (AvgIpc) is 2.97. The van der Waals surface area contributed by atoms with Crippen LogP contribution < -0.4 is 0 Å². The largest absolute Gasteiger partial charge is 0.504 e. The van der Waals surface area contributed by atoms with Crippen LogP contribution in [0.2, 0.25) is 0 Å². The summed E-state index contributed by atoms with van der Waals surface area (Å²) in [6.07, 6.45) is 10.6. The summed E-state index contributed by atoms with van der Waals surface area (Å²) in [5.41, 5.74) is 0.479. The predicted octanol–water partition coefficient (Wildman–Crippen LogP) is 7.74. The van der Waals surface area contributed by atoms with Gasteiger partial charge in [0.25, 0.3) is 0 Å². The lowest BCUT2D eigenvalue weighted by atomic mass is 9.33. The first-order valence-corrected chi connectivity index (χ1v) is 17.4. The minimum atomic E-state index is -0.822. The molecule has 0 aromatic heterocycles. The summed E-state index contributed by atoms with van der Waals surface area (Å²) in [6, 6.07) is 4.33. The van der Waals surface area contributed by atoms with E-state index >= 15 is 0 Å². The Hall–Kier alpha value is -2.80. The molecule has 7 nitrogen and oxygen atoms in total. The van der Waals surface area contributed by atoms with Crippen molar-refractivity contribution in [2.24, 2.45) is 56.7 Å². The maximum atomic E-state index is 13.0. The van der Waals surface area contributed by atoms with E-state index in [0.717, 1.165) is 44.9 Å². The monoisotopic (exact) mass is 634 g/mol. The molecule has 0 radical (unpaired) electrons. The Balaban J connectivity index is 1.29. The number of carboxylic acids is 1. The molecule has 0 saturated heterocycles. The number of aliphatic carboxylic acids is 1. The van der Waals surface area contributed by atoms with Gasteiger partial charge >= 0.3 is 11.9 Å². The van der Waals surface area contributed by atoms with Gasteiger partial charge in [-0.15, -0.1) is 0 Å². The third kappa shape index (κ3) is 4.53. The van der Waals surface area contributed by atoms with E-state index in [0.29, 0.717) is 29.7 Å². The molecule has 0 amide bonds. The van der Waals surface area contributed by atoms with Crippen LogP contribution in [-0.4, -0.2) is 44.6 Å². The van der Waals surface area contributed by atoms with Gasteiger partial charge in [-0.3, -0.25) is 4.79 Å². The van der Waals surface area contributed by atoms with Crippen molar-refractivity contribution in [2.45, 2.75) is 112 Å². The van der Waals surface area contributed by atoms with E-state index < -0.39 is 35.0 Å². The zero-order chi connectivity index (χ0) is 33.6. The molecule has 0 bridgehead atoms. The molecule has 7 heteroatoms. The maximum absolute atomic E-state index is 13.0. The lowest BCUT2D eigenvalue weighted by Gasteiger charge is -2.71. The minimum Gasteiger partial charge on any atom is -0.504 e. The van der Waals surface area contributed by atoms with Gasteiger partial charge < -0.3 is 25.2 Å². The number of allylic oxidation sites excluding steroid dienone is 2. The summed E-state index contributed by atoms with van der Waals surface area (Å²) in [5, 5.41) is 41.8. The fourth-order valence-corrected chi connectivity index (χ4v) is 12.2. The second-order valence-corrected chi connectivity index (χ2v) is 17.1. The number of fused-ring (bicyclic) bond motifs is 7. The molecule has 0 heterocycles. The van der Waals surface area contributed by atoms with E-state index in [1.54, 1.807) is 6.07 Å². The number of benzene rings is 1. The Labute approximate surface area is 274 Å². The molecule has 6 rings (SSSR count). The van der Waals surface area contributed by atoms with Gasteiger partial charge in [-0.05, 0) is 121 Å². The van der Waals surface area contributed by atoms with E-state index in [4.69, 9.17) is 4.74 Å². The van der Waals surface area contributed by atoms with Gasteiger partial charge in [0.15, 0.2) is 11.5 Å². The predicted molar refractivity (Wildman–Crippen MR) is 177 cm³/mol. The Morgan fingerprint density at radius 2 is 1.65 bits per heavy atom. The lowest BCUT2D eigenvalue weighted by Crippen LogP contribution is -2.67. The number of phenolic OH excluding ortho intramolecular Hbond substituents is 2. The molecule has 4 saturated carbocycles. The van der Waals surface area contributed by atoms with Crippen molar-refractivity contribution in [2.75, 3.05) is 0 Å². The molecule has 4 fully saturated rings. The molecular weight excluding hydrogens is 580 g/mol. The Morgan fingerprint density at radius 1 is 0.935 bits per heavy atom. The summed E-state index contributed by atoms with van der Waals surface area (Å²) >= 11 is 0. The molecule has 5 aliphatic rings. The van der Waals surface area contributed by atoms with Gasteiger partial charge in [0.1, 0.15) is 6.10 Å². The third-order valence-corrected chi connectivity index (χ3v) is 15.0. The molecule has 1 aromatic rings. The smallest absolute Gasteiger partial charge is 0.331 e. The van der Waals surface area contributed by atoms with Crippen molar-refractivity contribution in [1.82, 2.24) is 0 Å². The van der Waals surface area contributed by atoms with Crippen molar-refractivity contribution < 1.29 is 34.8 Å². The van der Waals surface area contributed by atoms with Crippen LogP contribution in [0.15, 0.2) is 35.9 Å². The molecule has 0 unspecified atom stereocenters. The molecular formula is C39H54O7. The highest BCUT2D eigenvalue weighted by atomic mass is 16.6. The zero-order valence-electron chi connectivity index (χ0n) is 28.7. The van der Waals surface area contributed by atoms with E-state index in [9.17, 15) is 30.0 Å². The van der Waals surface area contributed by atoms with E-state index in [2.05, 4.69) is 54.5 Å². The fraction of sp³-hybridized carbons (Fsp3) is 0.692. The highest BCUT2D eigenvalue weighted by Gasteiger charge is 2.70. The summed E-state index contributed by atoms with van der Waals surface area (Å²) in [5.74, 6) is -0.237. The van der Waals surface area contributed by atoms with Crippen molar-refractivity contribution >= 4 is 18.0 Å². The summed E-state index contributed by atoms with van der Waals surface area (Å²) in [4.78, 5) is 26.0. The number of esters is 1. The van der Waals surface area contributed by atoms with Crippen molar-refractivity contribution in [3.05, 3.63) is 41.5 Å². The van der Waals surface area contributed by atoms with Gasteiger partial charge in [-0.2, -0.15) is 0 Å². The Kier molecular flexibility index (Phi) is 7.82. The number of phenols is 2. The van der Waals surface area contributed by atoms with Gasteiger partial charge in [0.05, 0.1) is 11.5 Å². The molecule has 5 aliphatic carbocycles. The van der Waals surface area contributed by atoms with Crippen LogP contribution in [0.3, 0.4) is 0 Å². The number of carboxylic acid groups (broad SMARTS) is 1. The van der Waals surface area contributed by atoms with Crippen LogP contribution in [0.4, 0.5) is 0 Å². The van der Waals surface area contributed by atoms with Gasteiger partial charge in [-0.1, -0.05) is 66.2 Å². The van der Waals surface area contributed by atoms with Crippen molar-refractivity contribution in [3.8, 4) is 11.5 Å². The van der Waals surface area contributed by atoms with E-state index in [1.807, 2.05) is 0 Å². The number of aliphatic hydroxyl groups excluding tert-OH is 1. The second kappa shape index (κ2) is 10.9. The summed E-state index contributed by atoms with van der Waals surface area (Å²) in [6.45, 7) is 16.1. The van der Waals surface area contributed by atoms with Gasteiger partial charge in [0, 0.05) is 11.5 Å². The number of carbonyl (C=O) groups excluding carboxylic acids is 1. The SMILES string of the molecule is C[C@H]1[C@H](C)CC[C@]2(C(=O)O)CC[C@]3(C)C(=CC[C@@H]4[C@@]5(C)C[C@@H](O)[C@H](OC(=O)/C=C/c6ccc(O)c(O)c6)C(C)(C)[C@@H]5CC[C@]43C)[C@H]12. The molecule has 1 aromatic carbocycles. The third-order valence-electron chi connectivity index (χ3n) is 15.0. The molecule has 4 N–H and O–H groups in total. The van der Waals surface area contributed by atoms with Crippen LogP contribution >= 0.6 is 0 Å². The molecule has 11 atom stereocenters. The van der Waals surface area contributed by atoms with Crippen LogP contribution in [0, 0.1) is 56.7 Å². The number of rotatable bonds is 4. The number of carbonyl (C=O) groups is 2. The van der Waals surface area contributed by atoms with Crippen LogP contribution in [0.25, 0.3) is 6.08 Å². The standard InChI is InChI=1S/C39H54O7/c1-22-14-17-39(34(44)45)19-18-37(6)25(32(39)23(22)2)10-12-30-36(5)21-28(42)33(35(3,4)29(36)15-16-38(30,37)7)46-31(43)13-9-24-8-11-26(40)27(41)20-24/h8-11,13,20,22-23,28-30,32-33,40-42H,12,14-19,21H2,1-7H3,(H,44,45)/b13-9+/t22-,23+,28-,29+,30-,32+,33+,36+,37-,38-,39+/m1/s1. The minimum absolute atomic E-state index is 0.0366. The van der Waals surface area contributed by atoms with Crippen molar-refractivity contribution in [3.63, 3.8) is 0 Å². The van der Waals surface area contributed by atoms with Crippen molar-refractivity contribution in [1.29, 1.82) is 0 Å². The topological polar surface area (TPSA) is 124 Å². The van der Waals surface area contributed by atoms with Crippen LogP contribution in [0.1, 0.15) is 105 Å². The molecule has 252 valence electrons. The summed E-state index contributed by atoms with van der Waals surface area (Å²) in [7, 11) is 0. The highest BCUT2D eigenvalue weighted by Crippen LogP contribution is 2.75. The molecule has 46 heavy (non-hydrogen) atoms. The van der Waals surface area contributed by atoms with E-state index in [1.165, 1.54) is 29.9 Å². The highest BCUT2D eigenvalue weighted by molar-refractivity contribution is 5.87. The number of hydrogen-bond acceptors (Lipinski definition) is 6. The molecule has 0 aliphatic heterocycles. The fourth-order valence-electron chi connectivity index (χ4n) is 12.2. The lowest BCUT2D eigenvalue weighted by molar-refractivity contribution is -0.238.